The Morgan fingerprint density at radius 3 is 2.19 bits per heavy atom. The van der Waals surface area contributed by atoms with Crippen molar-refractivity contribution in [1.82, 2.24) is 9.80 Å². The highest BCUT2D eigenvalue weighted by Crippen LogP contribution is 2.43. The molecule has 0 bridgehead atoms. The SMILES string of the molecule is CCN(C)C(=O)[C@@H]1CN(C(=O)c2ccccc2C)C[C@H]1c1cc(OC)c(OC)c(OC)c1. The number of hydrogen-bond acceptors (Lipinski definition) is 5. The van der Waals surface area contributed by atoms with Crippen LogP contribution in [0.2, 0.25) is 0 Å². The van der Waals surface area contributed by atoms with Crippen LogP contribution in [0.3, 0.4) is 0 Å². The van der Waals surface area contributed by atoms with Crippen LogP contribution in [0.4, 0.5) is 0 Å². The van der Waals surface area contributed by atoms with Crippen molar-refractivity contribution in [3.8, 4) is 17.2 Å². The van der Waals surface area contributed by atoms with Gasteiger partial charge in [-0.2, -0.15) is 0 Å². The Labute approximate surface area is 189 Å². The van der Waals surface area contributed by atoms with E-state index in [1.54, 1.807) is 38.2 Å². The number of likely N-dealkylation sites (tertiary alicyclic amines) is 1. The molecule has 7 nitrogen and oxygen atoms in total. The smallest absolute Gasteiger partial charge is 0.254 e. The highest BCUT2D eigenvalue weighted by molar-refractivity contribution is 5.96. The molecule has 0 spiro atoms. The number of nitrogens with zero attached hydrogens (tertiary/aromatic N) is 2. The molecule has 0 unspecified atom stereocenters. The monoisotopic (exact) mass is 440 g/mol. The number of ether oxygens (including phenoxy) is 3. The number of carbonyl (C=O) groups is 2. The first-order valence-corrected chi connectivity index (χ1v) is 10.8. The van der Waals surface area contributed by atoms with Gasteiger partial charge in [-0.3, -0.25) is 9.59 Å². The molecule has 7 heteroatoms. The maximum absolute atomic E-state index is 13.3. The first-order chi connectivity index (χ1) is 15.4. The van der Waals surface area contributed by atoms with Gasteiger partial charge in [0.05, 0.1) is 27.2 Å². The standard InChI is InChI=1S/C25H32N2O5/c1-7-26(3)24(28)20-15-27(25(29)18-11-9-8-10-16(18)2)14-19(20)17-12-21(30-4)23(32-6)22(13-17)31-5/h8-13,19-20H,7,14-15H2,1-6H3/t19-,20+/m0/s1. The van der Waals surface area contributed by atoms with E-state index in [0.29, 0.717) is 42.4 Å². The summed E-state index contributed by atoms with van der Waals surface area (Å²) in [5.41, 5.74) is 2.46. The molecule has 172 valence electrons. The second-order valence-electron chi connectivity index (χ2n) is 8.05. The second-order valence-corrected chi connectivity index (χ2v) is 8.05. The summed E-state index contributed by atoms with van der Waals surface area (Å²) in [5, 5.41) is 0. The Balaban J connectivity index is 2.03. The van der Waals surface area contributed by atoms with E-state index >= 15 is 0 Å². The van der Waals surface area contributed by atoms with Crippen LogP contribution in [0, 0.1) is 12.8 Å². The van der Waals surface area contributed by atoms with Crippen molar-refractivity contribution >= 4 is 11.8 Å². The second kappa shape index (κ2) is 9.94. The third-order valence-corrected chi connectivity index (χ3v) is 6.27. The number of rotatable bonds is 7. The zero-order valence-electron chi connectivity index (χ0n) is 19.7. The summed E-state index contributed by atoms with van der Waals surface area (Å²) < 4.78 is 16.5. The van der Waals surface area contributed by atoms with Crippen LogP contribution in [0.1, 0.15) is 34.3 Å². The molecule has 2 amide bonds. The highest BCUT2D eigenvalue weighted by Gasteiger charge is 2.42. The summed E-state index contributed by atoms with van der Waals surface area (Å²) in [6.45, 7) is 5.26. The zero-order chi connectivity index (χ0) is 23.4. The molecular weight excluding hydrogens is 408 g/mol. The van der Waals surface area contributed by atoms with Gasteiger partial charge in [-0.1, -0.05) is 18.2 Å². The van der Waals surface area contributed by atoms with Gasteiger partial charge in [-0.05, 0) is 43.2 Å². The predicted octanol–water partition coefficient (Wildman–Crippen LogP) is 3.35. The third-order valence-electron chi connectivity index (χ3n) is 6.27. The van der Waals surface area contributed by atoms with Crippen molar-refractivity contribution in [3.05, 3.63) is 53.1 Å². The van der Waals surface area contributed by atoms with E-state index in [2.05, 4.69) is 0 Å². The molecule has 1 heterocycles. The van der Waals surface area contributed by atoms with Crippen molar-refractivity contribution < 1.29 is 23.8 Å². The highest BCUT2D eigenvalue weighted by atomic mass is 16.5. The molecule has 2 aromatic rings. The molecular formula is C25H32N2O5. The van der Waals surface area contributed by atoms with Gasteiger partial charge >= 0.3 is 0 Å². The van der Waals surface area contributed by atoms with Crippen LogP contribution in [0.15, 0.2) is 36.4 Å². The van der Waals surface area contributed by atoms with Crippen molar-refractivity contribution in [2.24, 2.45) is 5.92 Å². The molecule has 0 radical (unpaired) electrons. The fourth-order valence-electron chi connectivity index (χ4n) is 4.30. The molecule has 2 aromatic carbocycles. The number of methoxy groups -OCH3 is 3. The lowest BCUT2D eigenvalue weighted by molar-refractivity contribution is -0.133. The summed E-state index contributed by atoms with van der Waals surface area (Å²) in [5.74, 6) is 0.953. The molecule has 1 saturated heterocycles. The lowest BCUT2D eigenvalue weighted by atomic mass is 9.87. The summed E-state index contributed by atoms with van der Waals surface area (Å²) in [6.07, 6.45) is 0. The molecule has 0 saturated carbocycles. The number of aryl methyl sites for hydroxylation is 1. The fraction of sp³-hybridized carbons (Fsp3) is 0.440. The largest absolute Gasteiger partial charge is 0.493 e. The minimum Gasteiger partial charge on any atom is -0.493 e. The number of carbonyl (C=O) groups excluding carboxylic acids is 2. The lowest BCUT2D eigenvalue weighted by Gasteiger charge is -2.24. The van der Waals surface area contributed by atoms with Gasteiger partial charge in [-0.15, -0.1) is 0 Å². The molecule has 0 N–H and O–H groups in total. The first kappa shape index (κ1) is 23.4. The molecule has 0 aromatic heterocycles. The minimum absolute atomic E-state index is 0.0198. The van der Waals surface area contributed by atoms with Crippen LogP contribution in [0.5, 0.6) is 17.2 Å². The van der Waals surface area contributed by atoms with Gasteiger partial charge in [0.2, 0.25) is 11.7 Å². The Bertz CT molecular complexity index is 965. The van der Waals surface area contributed by atoms with E-state index in [-0.39, 0.29) is 23.7 Å². The topological polar surface area (TPSA) is 68.3 Å². The number of benzene rings is 2. The average molecular weight is 441 g/mol. The van der Waals surface area contributed by atoms with Gasteiger partial charge in [0.15, 0.2) is 11.5 Å². The average Bonchev–Trinajstić information content (AvgIpc) is 3.27. The molecule has 1 aliphatic heterocycles. The van der Waals surface area contributed by atoms with E-state index in [1.165, 1.54) is 0 Å². The number of hydrogen-bond donors (Lipinski definition) is 0. The summed E-state index contributed by atoms with van der Waals surface area (Å²) >= 11 is 0. The Hall–Kier alpha value is -3.22. The summed E-state index contributed by atoms with van der Waals surface area (Å²) in [4.78, 5) is 30.1. The first-order valence-electron chi connectivity index (χ1n) is 10.8. The van der Waals surface area contributed by atoms with Gasteiger partial charge < -0.3 is 24.0 Å². The van der Waals surface area contributed by atoms with E-state index in [9.17, 15) is 9.59 Å². The van der Waals surface area contributed by atoms with Crippen LogP contribution in [-0.4, -0.2) is 69.6 Å². The molecule has 1 aliphatic rings. The van der Waals surface area contributed by atoms with E-state index < -0.39 is 0 Å². The van der Waals surface area contributed by atoms with E-state index in [1.807, 2.05) is 50.2 Å². The van der Waals surface area contributed by atoms with Crippen molar-refractivity contribution in [2.75, 3.05) is 48.0 Å². The van der Waals surface area contributed by atoms with Gasteiger partial charge in [-0.25, -0.2) is 0 Å². The molecule has 3 rings (SSSR count). The van der Waals surface area contributed by atoms with Crippen LogP contribution < -0.4 is 14.2 Å². The van der Waals surface area contributed by atoms with E-state index in [4.69, 9.17) is 14.2 Å². The Morgan fingerprint density at radius 1 is 1.03 bits per heavy atom. The minimum atomic E-state index is -0.365. The van der Waals surface area contributed by atoms with Gasteiger partial charge in [0.25, 0.3) is 5.91 Å². The summed E-state index contributed by atoms with van der Waals surface area (Å²) in [7, 11) is 6.48. The van der Waals surface area contributed by atoms with Crippen LogP contribution in [-0.2, 0) is 4.79 Å². The Kier molecular flexibility index (Phi) is 7.28. The maximum Gasteiger partial charge on any atom is 0.254 e. The normalized spacial score (nSPS) is 17.8. The van der Waals surface area contributed by atoms with Crippen LogP contribution >= 0.6 is 0 Å². The van der Waals surface area contributed by atoms with Crippen molar-refractivity contribution in [2.45, 2.75) is 19.8 Å². The molecule has 0 aliphatic carbocycles. The summed E-state index contributed by atoms with van der Waals surface area (Å²) in [6, 6.07) is 11.3. The Morgan fingerprint density at radius 2 is 1.66 bits per heavy atom. The van der Waals surface area contributed by atoms with E-state index in [0.717, 1.165) is 11.1 Å². The predicted molar refractivity (Wildman–Crippen MR) is 123 cm³/mol. The third kappa shape index (κ3) is 4.38. The molecule has 1 fully saturated rings. The number of amides is 2. The molecule has 2 atom stereocenters. The molecule has 32 heavy (non-hydrogen) atoms. The van der Waals surface area contributed by atoms with Crippen LogP contribution in [0.25, 0.3) is 0 Å². The lowest BCUT2D eigenvalue weighted by Crippen LogP contribution is -2.37. The maximum atomic E-state index is 13.3. The zero-order valence-corrected chi connectivity index (χ0v) is 19.7. The quantitative estimate of drug-likeness (QED) is 0.661. The van der Waals surface area contributed by atoms with Crippen molar-refractivity contribution in [3.63, 3.8) is 0 Å². The van der Waals surface area contributed by atoms with Gasteiger partial charge in [0.1, 0.15) is 0 Å². The fourth-order valence-corrected chi connectivity index (χ4v) is 4.30. The van der Waals surface area contributed by atoms with Crippen molar-refractivity contribution in [1.29, 1.82) is 0 Å². The van der Waals surface area contributed by atoms with Gasteiger partial charge in [0, 0.05) is 38.2 Å².